The van der Waals surface area contributed by atoms with Crippen LogP contribution in [-0.2, 0) is 93.1 Å². The third kappa shape index (κ3) is 23.3. The fraction of sp³-hybridized carbons (Fsp3) is 0.460. The quantitative estimate of drug-likeness (QED) is 0.0806. The molecule has 15 N–H and O–H groups in total. The first-order valence-electron chi connectivity index (χ1n) is 31.0. The Balaban J connectivity index is 1.29. The number of aliphatic hydroxyl groups excluding tert-OH is 1. The number of imidazole rings is 1. The molecule has 4 heterocycles. The number of H-pyrrole nitrogens is 1. The fourth-order valence-corrected chi connectivity index (χ4v) is 12.6. The zero-order valence-corrected chi connectivity index (χ0v) is 54.0. The molecule has 96 heavy (non-hydrogen) atoms. The highest BCUT2D eigenvalue weighted by molar-refractivity contribution is 7.98. The van der Waals surface area contributed by atoms with Crippen molar-refractivity contribution in [3.63, 3.8) is 0 Å². The zero-order chi connectivity index (χ0) is 69.3. The second kappa shape index (κ2) is 36.8. The fourth-order valence-electron chi connectivity index (χ4n) is 10.6. The third-order valence-corrected chi connectivity index (χ3v) is 17.7. The van der Waals surface area contributed by atoms with Crippen LogP contribution in [0, 0.1) is 0 Å². The van der Waals surface area contributed by atoms with Crippen molar-refractivity contribution in [2.24, 2.45) is 10.9 Å². The van der Waals surface area contributed by atoms with Gasteiger partial charge in [-0.15, -0.1) is 0 Å². The van der Waals surface area contributed by atoms with E-state index in [1.54, 1.807) is 42.5 Å². The molecular weight excluding hydrogens is 1290 g/mol. The molecule has 10 amide bonds. The summed E-state index contributed by atoms with van der Waals surface area (Å²) in [5.74, 6) is -13.1. The summed E-state index contributed by atoms with van der Waals surface area (Å²) in [4.78, 5) is 181. The molecule has 1 aromatic heterocycles. The molecule has 0 saturated carbocycles. The van der Waals surface area contributed by atoms with Gasteiger partial charge in [-0.05, 0) is 92.0 Å². The first kappa shape index (κ1) is 73.6. The summed E-state index contributed by atoms with van der Waals surface area (Å²) in [5, 5.41) is 64.9. The summed E-state index contributed by atoms with van der Waals surface area (Å²) in [7, 11) is 0. The smallest absolute Gasteiger partial charge is 0.305 e. The summed E-state index contributed by atoms with van der Waals surface area (Å²) < 4.78 is 6.26. The lowest BCUT2D eigenvalue weighted by Crippen LogP contribution is -2.62. The van der Waals surface area contributed by atoms with Crippen molar-refractivity contribution in [3.05, 3.63) is 113 Å². The average Bonchev–Trinajstić information content (AvgIpc) is 1.57. The van der Waals surface area contributed by atoms with Crippen LogP contribution in [-0.4, -0.2) is 204 Å². The van der Waals surface area contributed by atoms with Gasteiger partial charge >= 0.3 is 11.9 Å². The topological polar surface area (TPSA) is 471 Å². The number of carbonyl (C=O) groups excluding carboxylic acids is 10. The molecule has 4 aromatic rings. The Morgan fingerprint density at radius 1 is 0.635 bits per heavy atom. The van der Waals surface area contributed by atoms with Gasteiger partial charge in [0.1, 0.15) is 78.7 Å². The number of hydrogen-bond donors (Lipinski definition) is 14. The number of phenols is 1. The molecule has 0 unspecified atom stereocenters. The Morgan fingerprint density at radius 2 is 1.22 bits per heavy atom. The molecule has 1 saturated heterocycles. The molecule has 3 aliphatic rings. The van der Waals surface area contributed by atoms with E-state index in [2.05, 4.69) is 57.7 Å². The number of aromatic nitrogens is 2. The Hall–Kier alpha value is -9.76. The molecule has 10 atom stereocenters. The monoisotopic (exact) mass is 1370 g/mol. The minimum absolute atomic E-state index is 0.0476. The van der Waals surface area contributed by atoms with Crippen LogP contribution >= 0.6 is 23.5 Å². The van der Waals surface area contributed by atoms with Crippen LogP contribution < -0.4 is 53.0 Å². The number of rotatable bonds is 12. The summed E-state index contributed by atoms with van der Waals surface area (Å²) in [6.45, 7) is 1.41. The largest absolute Gasteiger partial charge is 0.508 e. The maximum absolute atomic E-state index is 15.1. The van der Waals surface area contributed by atoms with E-state index in [1.807, 2.05) is 6.07 Å². The minimum atomic E-state index is -1.98. The molecule has 516 valence electrons. The van der Waals surface area contributed by atoms with Gasteiger partial charge in [-0.25, -0.2) is 4.98 Å². The number of carboxylic acid groups (broad SMARTS) is 2. The molecule has 0 radical (unpaired) electrons. The highest BCUT2D eigenvalue weighted by atomic mass is 32.2. The van der Waals surface area contributed by atoms with E-state index in [-0.39, 0.29) is 80.6 Å². The standard InChI is InChI=1S/C63H79N13O18S2/c1-35(77)54-62(91)71-43(23-36-10-5-4-6-11-36)56(85)69-44(25-40-28-65-34-66-40)57(86)73-48(55(64)84)32-95-30-38-20-39-22-42(21-38)93-18-7-2-3-8-19-94-67-29-51(79)68-45(26-52(80)81)58(87)74-49(33-96-31-39)60(89)72-47(24-37-13-15-41(78)16-14-37)63(92)76-17-9-12-50(76)61(90)70-46(27-53(82)83)59(88)75-54/h4-6,10-11,13-16,20-22,28-29,34-35,43-50,54,77-78H,2-3,7-9,12,17-19,23-27,30-33H2,1H3,(H2,64,84)(H,65,66)(H,68,79)(H,69,85)(H,70,90)(H,71,91)(H,72,89)(H,73,86)(H,74,87)(H,75,88)(H,80,81)(H,82,83)/b67-29+/t35-,43+,44+,45+,46+,47+,48+,49+,50+,54+/m1/s1. The summed E-state index contributed by atoms with van der Waals surface area (Å²) in [5.41, 5.74) is 8.50. The zero-order valence-electron chi connectivity index (χ0n) is 52.4. The number of phenolic OH excluding ortho intramolecular Hbond substituents is 1. The van der Waals surface area contributed by atoms with Crippen molar-refractivity contribution in [1.29, 1.82) is 0 Å². The minimum Gasteiger partial charge on any atom is -0.508 e. The van der Waals surface area contributed by atoms with Gasteiger partial charge in [0.25, 0.3) is 5.91 Å². The molecule has 4 bridgehead atoms. The molecule has 7 rings (SSSR count). The lowest BCUT2D eigenvalue weighted by molar-refractivity contribution is -0.144. The summed E-state index contributed by atoms with van der Waals surface area (Å²) >= 11 is 2.33. The normalized spacial score (nSPS) is 24.8. The number of aliphatic carboxylic acids is 2. The maximum atomic E-state index is 15.1. The highest BCUT2D eigenvalue weighted by Crippen LogP contribution is 2.27. The molecule has 3 aliphatic heterocycles. The van der Waals surface area contributed by atoms with Crippen LogP contribution in [0.2, 0.25) is 0 Å². The molecular formula is C63H79N13O18S2. The molecule has 31 nitrogen and oxygen atoms in total. The predicted molar refractivity (Wildman–Crippen MR) is 347 cm³/mol. The van der Waals surface area contributed by atoms with E-state index in [0.717, 1.165) is 29.8 Å². The molecule has 0 spiro atoms. The number of carboxylic acids is 2. The van der Waals surface area contributed by atoms with Crippen molar-refractivity contribution < 1.29 is 87.5 Å². The maximum Gasteiger partial charge on any atom is 0.305 e. The van der Waals surface area contributed by atoms with E-state index >= 15 is 4.79 Å². The highest BCUT2D eigenvalue weighted by Gasteiger charge is 2.42. The number of carbonyl (C=O) groups is 12. The van der Waals surface area contributed by atoms with Gasteiger partial charge < -0.3 is 88.2 Å². The lowest BCUT2D eigenvalue weighted by atomic mass is 10.0. The van der Waals surface area contributed by atoms with E-state index in [0.29, 0.717) is 59.4 Å². The number of hydrogen-bond acceptors (Lipinski definition) is 20. The predicted octanol–water partition coefficient (Wildman–Crippen LogP) is -1.04. The van der Waals surface area contributed by atoms with Gasteiger partial charge in [-0.2, -0.15) is 23.5 Å². The van der Waals surface area contributed by atoms with Gasteiger partial charge in [0.15, 0.2) is 0 Å². The van der Waals surface area contributed by atoms with Crippen molar-refractivity contribution in [1.82, 2.24) is 57.4 Å². The van der Waals surface area contributed by atoms with Crippen LogP contribution in [0.4, 0.5) is 0 Å². The SMILES string of the molecule is C[C@@H](O)[C@@H]1NC(=O)[C@H](CC(=O)O)NC(=O)[C@@H]2CCCN2C(=O)[C@H](Cc2ccc(O)cc2)NC(=O)[C@@H]2CSCc3cc(cc(c3)OCCCCCCO/N=C/C(=O)N[C@@H](CC(=O)O)C(=O)N2)CSC[C@@H](C(N)=O)NC(=O)[C@H](Cc2cnc[nH]2)NC(=O)[C@H](Cc2ccccc2)NC1=O. The Labute approximate surface area is 559 Å². The van der Waals surface area contributed by atoms with E-state index in [1.165, 1.54) is 48.6 Å². The van der Waals surface area contributed by atoms with Crippen LogP contribution in [0.15, 0.2) is 90.5 Å². The number of nitrogens with one attached hydrogen (secondary N) is 9. The number of aromatic hydroxyl groups is 1. The van der Waals surface area contributed by atoms with Gasteiger partial charge in [0.2, 0.25) is 53.2 Å². The van der Waals surface area contributed by atoms with Crippen molar-refractivity contribution >= 4 is 101 Å². The Bertz CT molecular complexity index is 3420. The van der Waals surface area contributed by atoms with E-state index in [4.69, 9.17) is 15.3 Å². The number of nitrogens with zero attached hydrogens (tertiary/aromatic N) is 3. The third-order valence-electron chi connectivity index (χ3n) is 15.5. The Kier molecular flexibility index (Phi) is 28.2. The number of nitrogens with two attached hydrogens (primary N) is 1. The van der Waals surface area contributed by atoms with Gasteiger partial charge in [-0.3, -0.25) is 57.5 Å². The average molecular weight is 1370 g/mol. The number of oxime groups is 1. The van der Waals surface area contributed by atoms with Crippen molar-refractivity contribution in [3.8, 4) is 11.5 Å². The molecule has 3 aromatic carbocycles. The first-order chi connectivity index (χ1) is 46.0. The number of fused-ring (bicyclic) bond motifs is 6. The van der Waals surface area contributed by atoms with Crippen molar-refractivity contribution in [2.45, 2.75) is 150 Å². The molecule has 33 heteroatoms. The van der Waals surface area contributed by atoms with E-state index < -0.39 is 144 Å². The Morgan fingerprint density at radius 3 is 1.88 bits per heavy atom. The van der Waals surface area contributed by atoms with Gasteiger partial charge in [0, 0.05) is 60.7 Å². The van der Waals surface area contributed by atoms with Gasteiger partial charge in [0.05, 0.1) is 31.9 Å². The number of ether oxygens (including phenoxy) is 1. The number of amides is 10. The summed E-state index contributed by atoms with van der Waals surface area (Å²) in [6.07, 6.45) is 1.62. The van der Waals surface area contributed by atoms with E-state index in [9.17, 15) is 73.2 Å². The van der Waals surface area contributed by atoms with Crippen LogP contribution in [0.1, 0.15) is 86.2 Å². The first-order valence-corrected chi connectivity index (χ1v) is 33.3. The lowest BCUT2D eigenvalue weighted by Gasteiger charge is -2.31. The number of thioether (sulfide) groups is 2. The van der Waals surface area contributed by atoms with Crippen LogP contribution in [0.3, 0.4) is 0 Å². The number of aromatic amines is 1. The van der Waals surface area contributed by atoms with Crippen LogP contribution in [0.25, 0.3) is 0 Å². The number of benzene rings is 3. The van der Waals surface area contributed by atoms with Crippen molar-refractivity contribution in [2.75, 3.05) is 31.3 Å². The molecule has 1 fully saturated rings. The number of aliphatic hydroxyl groups is 1. The number of primary amides is 1. The summed E-state index contributed by atoms with van der Waals surface area (Å²) in [6, 6.07) is 4.62. The second-order valence-corrected chi connectivity index (χ2v) is 25.2. The van der Waals surface area contributed by atoms with Crippen LogP contribution in [0.5, 0.6) is 11.5 Å². The second-order valence-electron chi connectivity index (χ2n) is 23.1. The van der Waals surface area contributed by atoms with Gasteiger partial charge in [-0.1, -0.05) is 53.7 Å². The molecule has 0 aliphatic carbocycles.